The second-order valence-corrected chi connectivity index (χ2v) is 9.32. The average molecular weight is 421 g/mol. The molecule has 29 heavy (non-hydrogen) atoms. The van der Waals surface area contributed by atoms with E-state index < -0.39 is 10.0 Å². The van der Waals surface area contributed by atoms with Crippen molar-refractivity contribution >= 4 is 21.8 Å². The van der Waals surface area contributed by atoms with Crippen LogP contribution in [0.1, 0.15) is 53.0 Å². The molecule has 2 aliphatic heterocycles. The zero-order valence-electron chi connectivity index (χ0n) is 18.0. The number of ether oxygens (including phenoxy) is 1. The lowest BCUT2D eigenvalue weighted by Gasteiger charge is -2.39. The summed E-state index contributed by atoms with van der Waals surface area (Å²) in [5.74, 6) is 0. The number of cyclic esters (lactones) is 1. The van der Waals surface area contributed by atoms with E-state index in [4.69, 9.17) is 4.74 Å². The molecule has 0 aromatic heterocycles. The Morgan fingerprint density at radius 1 is 1.07 bits per heavy atom. The van der Waals surface area contributed by atoms with Gasteiger partial charge >= 0.3 is 6.09 Å². The molecule has 0 saturated carbocycles. The zero-order valence-corrected chi connectivity index (χ0v) is 18.8. The van der Waals surface area contributed by atoms with Crippen LogP contribution < -0.4 is 4.90 Å². The Bertz CT molecular complexity index is 878. The number of hydrogen-bond donors (Lipinski definition) is 0. The van der Waals surface area contributed by atoms with Crippen molar-refractivity contribution in [3.63, 3.8) is 0 Å². The van der Waals surface area contributed by atoms with E-state index in [1.807, 2.05) is 52.0 Å². The predicted octanol–water partition coefficient (Wildman–Crippen LogP) is 4.83. The van der Waals surface area contributed by atoms with Gasteiger partial charge in [-0.25, -0.2) is 13.2 Å². The Kier molecular flexibility index (Phi) is 8.05. The molecule has 2 aliphatic rings. The molecule has 3 rings (SSSR count). The predicted molar refractivity (Wildman–Crippen MR) is 117 cm³/mol. The highest BCUT2D eigenvalue weighted by Gasteiger charge is 2.36. The summed E-state index contributed by atoms with van der Waals surface area (Å²) in [5.41, 5.74) is 2.90. The highest BCUT2D eigenvalue weighted by molar-refractivity contribution is 7.93. The molecule has 1 amide bonds. The molecule has 0 unspecified atom stereocenters. The van der Waals surface area contributed by atoms with Crippen LogP contribution in [-0.4, -0.2) is 37.9 Å². The monoisotopic (exact) mass is 420 g/mol. The number of piperidine rings is 1. The van der Waals surface area contributed by atoms with Crippen molar-refractivity contribution in [2.75, 3.05) is 18.0 Å². The molecular weight excluding hydrogens is 388 g/mol. The minimum Gasteiger partial charge on any atom is -0.444 e. The minimum atomic E-state index is -3.47. The fourth-order valence-corrected chi connectivity index (χ4v) is 4.77. The summed E-state index contributed by atoms with van der Waals surface area (Å²) < 4.78 is 32.3. The number of para-hydroxylation sites is 1. The van der Waals surface area contributed by atoms with Crippen LogP contribution in [0.2, 0.25) is 0 Å². The van der Waals surface area contributed by atoms with Gasteiger partial charge < -0.3 is 4.74 Å². The normalized spacial score (nSPS) is 18.3. The van der Waals surface area contributed by atoms with E-state index in [1.165, 1.54) is 4.31 Å². The maximum absolute atomic E-state index is 12.8. The first-order valence-electron chi connectivity index (χ1n) is 10.2. The van der Waals surface area contributed by atoms with Gasteiger partial charge in [0, 0.05) is 24.7 Å². The SMILES string of the molecule is CC.CC(C)=C/C=C(\C)S(=O)(=O)N1CCC(N2C(=O)OCc3ccccc32)CC1. The third kappa shape index (κ3) is 5.28. The van der Waals surface area contributed by atoms with E-state index in [0.717, 1.165) is 16.8 Å². The van der Waals surface area contributed by atoms with Gasteiger partial charge in [-0.3, -0.25) is 4.90 Å². The third-order valence-electron chi connectivity index (χ3n) is 4.99. The summed E-state index contributed by atoms with van der Waals surface area (Å²) in [6.45, 7) is 10.5. The molecule has 0 bridgehead atoms. The first-order valence-corrected chi connectivity index (χ1v) is 11.6. The van der Waals surface area contributed by atoms with Gasteiger partial charge in [0.1, 0.15) is 6.61 Å². The van der Waals surface area contributed by atoms with E-state index in [2.05, 4.69) is 0 Å². The Balaban J connectivity index is 0.00000145. The summed E-state index contributed by atoms with van der Waals surface area (Å²) in [5, 5.41) is 0. The van der Waals surface area contributed by atoms with Crippen molar-refractivity contribution in [3.05, 3.63) is 52.5 Å². The van der Waals surface area contributed by atoms with Crippen LogP contribution in [-0.2, 0) is 21.4 Å². The second-order valence-electron chi connectivity index (χ2n) is 7.21. The van der Waals surface area contributed by atoms with Crippen LogP contribution in [0.15, 0.2) is 46.9 Å². The highest BCUT2D eigenvalue weighted by atomic mass is 32.2. The lowest BCUT2D eigenvalue weighted by Crippen LogP contribution is -2.50. The quantitative estimate of drug-likeness (QED) is 0.654. The van der Waals surface area contributed by atoms with Crippen LogP contribution in [0.3, 0.4) is 0 Å². The van der Waals surface area contributed by atoms with Crippen molar-refractivity contribution in [2.24, 2.45) is 0 Å². The number of fused-ring (bicyclic) bond motifs is 1. The van der Waals surface area contributed by atoms with Crippen LogP contribution in [0.25, 0.3) is 0 Å². The molecule has 6 nitrogen and oxygen atoms in total. The van der Waals surface area contributed by atoms with E-state index in [0.29, 0.717) is 30.8 Å². The Morgan fingerprint density at radius 2 is 1.69 bits per heavy atom. The number of allylic oxidation sites excluding steroid dienone is 4. The van der Waals surface area contributed by atoms with Crippen LogP contribution in [0, 0.1) is 0 Å². The number of benzene rings is 1. The lowest BCUT2D eigenvalue weighted by molar-refractivity contribution is 0.136. The number of carbonyl (C=O) groups excluding carboxylic acids is 1. The van der Waals surface area contributed by atoms with Crippen molar-refractivity contribution in [1.29, 1.82) is 0 Å². The van der Waals surface area contributed by atoms with Crippen molar-refractivity contribution < 1.29 is 17.9 Å². The Labute approximate surface area is 174 Å². The van der Waals surface area contributed by atoms with Gasteiger partial charge in [-0.15, -0.1) is 0 Å². The molecule has 1 aromatic rings. The summed E-state index contributed by atoms with van der Waals surface area (Å²) in [7, 11) is -3.47. The molecule has 0 radical (unpaired) electrons. The van der Waals surface area contributed by atoms with Gasteiger partial charge in [0.05, 0.1) is 10.6 Å². The van der Waals surface area contributed by atoms with Gasteiger partial charge in [-0.2, -0.15) is 4.31 Å². The third-order valence-corrected chi connectivity index (χ3v) is 6.98. The molecule has 0 N–H and O–H groups in total. The first-order chi connectivity index (χ1) is 13.8. The van der Waals surface area contributed by atoms with Crippen molar-refractivity contribution in [2.45, 2.75) is 60.1 Å². The fourth-order valence-electron chi connectivity index (χ4n) is 3.44. The summed E-state index contributed by atoms with van der Waals surface area (Å²) in [6, 6.07) is 7.64. The molecule has 160 valence electrons. The molecule has 0 aliphatic carbocycles. The number of amides is 1. The van der Waals surface area contributed by atoms with Gasteiger partial charge in [0.15, 0.2) is 0 Å². The second kappa shape index (κ2) is 10.1. The number of carbonyl (C=O) groups is 1. The van der Waals surface area contributed by atoms with E-state index in [1.54, 1.807) is 24.0 Å². The minimum absolute atomic E-state index is 0.0625. The smallest absolute Gasteiger partial charge is 0.414 e. The number of hydrogen-bond acceptors (Lipinski definition) is 4. The maximum Gasteiger partial charge on any atom is 0.414 e. The number of nitrogens with zero attached hydrogens (tertiary/aromatic N) is 2. The zero-order chi connectivity index (χ0) is 21.6. The summed E-state index contributed by atoms with van der Waals surface area (Å²) >= 11 is 0. The van der Waals surface area contributed by atoms with E-state index in [9.17, 15) is 13.2 Å². The fraction of sp³-hybridized carbons (Fsp3) is 0.500. The standard InChI is InChI=1S/C20H26N2O4S.C2H6/c1-15(2)8-9-16(3)27(24,25)21-12-10-18(11-13-21)22-19-7-5-4-6-17(19)14-26-20(22)23;1-2/h4-9,18H,10-14H2,1-3H3;1-2H3/b16-9+;. The Morgan fingerprint density at radius 3 is 2.31 bits per heavy atom. The molecule has 1 aromatic carbocycles. The van der Waals surface area contributed by atoms with Crippen molar-refractivity contribution in [3.8, 4) is 0 Å². The van der Waals surface area contributed by atoms with Crippen LogP contribution in [0.4, 0.5) is 10.5 Å². The van der Waals surface area contributed by atoms with Crippen LogP contribution in [0.5, 0.6) is 0 Å². The topological polar surface area (TPSA) is 66.9 Å². The molecular formula is C22H32N2O4S. The lowest BCUT2D eigenvalue weighted by atomic mass is 10.0. The maximum atomic E-state index is 12.8. The average Bonchev–Trinajstić information content (AvgIpc) is 2.73. The molecule has 0 spiro atoms. The molecule has 1 fully saturated rings. The number of sulfonamides is 1. The van der Waals surface area contributed by atoms with Gasteiger partial charge in [-0.05, 0) is 45.8 Å². The van der Waals surface area contributed by atoms with Gasteiger partial charge in [-0.1, -0.05) is 43.7 Å². The van der Waals surface area contributed by atoms with E-state index in [-0.39, 0.29) is 18.7 Å². The van der Waals surface area contributed by atoms with Crippen LogP contribution >= 0.6 is 0 Å². The molecule has 1 saturated heterocycles. The number of anilines is 1. The molecule has 0 atom stereocenters. The summed E-state index contributed by atoms with van der Waals surface area (Å²) in [6.07, 6.45) is 4.27. The van der Waals surface area contributed by atoms with Gasteiger partial charge in [0.2, 0.25) is 10.0 Å². The van der Waals surface area contributed by atoms with E-state index >= 15 is 0 Å². The van der Waals surface area contributed by atoms with Gasteiger partial charge in [0.25, 0.3) is 0 Å². The number of rotatable bonds is 4. The molecule has 7 heteroatoms. The van der Waals surface area contributed by atoms with Crippen molar-refractivity contribution in [1.82, 2.24) is 4.31 Å². The Hall–Kier alpha value is -2.12. The largest absolute Gasteiger partial charge is 0.444 e. The molecule has 2 heterocycles. The summed E-state index contributed by atoms with van der Waals surface area (Å²) in [4.78, 5) is 14.4. The highest BCUT2D eigenvalue weighted by Crippen LogP contribution is 2.32. The first kappa shape index (κ1) is 23.2.